The van der Waals surface area contributed by atoms with Gasteiger partial charge >= 0.3 is 5.97 Å². The number of likely N-dealkylation sites (tertiary alicyclic amines) is 1. The van der Waals surface area contributed by atoms with Crippen molar-refractivity contribution in [3.8, 4) is 0 Å². The molecule has 5 nitrogen and oxygen atoms in total. The number of fused-ring (bicyclic) bond motifs is 1. The lowest BCUT2D eigenvalue weighted by Crippen LogP contribution is -2.34. The van der Waals surface area contributed by atoms with E-state index in [2.05, 4.69) is 16.5 Å². The number of piperidine rings is 1. The minimum Gasteiger partial charge on any atom is -0.462 e. The summed E-state index contributed by atoms with van der Waals surface area (Å²) in [7, 11) is 2.10. The monoisotopic (exact) mass is 328 g/mol. The molecule has 1 aromatic heterocycles. The smallest absolute Gasteiger partial charge is 0.343 e. The first-order valence-corrected chi connectivity index (χ1v) is 8.52. The van der Waals surface area contributed by atoms with Crippen LogP contribution >= 0.6 is 0 Å². The van der Waals surface area contributed by atoms with Crippen molar-refractivity contribution < 1.29 is 9.53 Å². The topological polar surface area (TPSA) is 51.5 Å². The molecule has 1 aromatic carbocycles. The number of aryl methyl sites for hydroxylation is 1. The normalized spacial score (nSPS) is 18.7. The van der Waals surface area contributed by atoms with Crippen LogP contribution < -0.4 is 5.43 Å². The van der Waals surface area contributed by atoms with E-state index < -0.39 is 5.97 Å². The van der Waals surface area contributed by atoms with Gasteiger partial charge in [0.05, 0.1) is 12.1 Å². The highest BCUT2D eigenvalue weighted by atomic mass is 16.5. The van der Waals surface area contributed by atoms with Crippen LogP contribution in [0.4, 0.5) is 0 Å². The maximum atomic E-state index is 12.8. The number of hydrogen-bond donors (Lipinski definition) is 0. The van der Waals surface area contributed by atoms with Crippen LogP contribution in [0.5, 0.6) is 0 Å². The fraction of sp³-hybridized carbons (Fsp3) is 0.474. The molecule has 0 unspecified atom stereocenters. The van der Waals surface area contributed by atoms with Gasteiger partial charge in [-0.1, -0.05) is 11.6 Å². The van der Waals surface area contributed by atoms with Crippen LogP contribution in [0.3, 0.4) is 0 Å². The molecule has 0 radical (unpaired) electrons. The molecule has 1 aliphatic heterocycles. The van der Waals surface area contributed by atoms with E-state index in [1.54, 1.807) is 13.1 Å². The molecular weight excluding hydrogens is 304 g/mol. The number of nitrogens with zero attached hydrogens (tertiary/aromatic N) is 2. The molecule has 24 heavy (non-hydrogen) atoms. The van der Waals surface area contributed by atoms with E-state index in [4.69, 9.17) is 4.74 Å². The summed E-state index contributed by atoms with van der Waals surface area (Å²) in [4.78, 5) is 27.3. The number of esters is 1. The summed E-state index contributed by atoms with van der Waals surface area (Å²) in [5.41, 5.74) is 1.78. The van der Waals surface area contributed by atoms with Crippen LogP contribution in [0.2, 0.25) is 0 Å². The second kappa shape index (κ2) is 6.77. The van der Waals surface area contributed by atoms with Crippen molar-refractivity contribution in [1.82, 2.24) is 9.47 Å². The summed E-state index contributed by atoms with van der Waals surface area (Å²) in [6.07, 6.45) is 3.84. The second-order valence-electron chi connectivity index (χ2n) is 6.58. The number of likely N-dealkylation sites (N-methyl/N-ethyl adjacent to an activating group) is 1. The zero-order valence-corrected chi connectivity index (χ0v) is 14.5. The van der Waals surface area contributed by atoms with Gasteiger partial charge in [-0.15, -0.1) is 0 Å². The van der Waals surface area contributed by atoms with E-state index in [0.717, 1.165) is 37.0 Å². The molecule has 0 saturated carbocycles. The van der Waals surface area contributed by atoms with Crippen LogP contribution in [-0.2, 0) is 4.74 Å². The van der Waals surface area contributed by atoms with Crippen LogP contribution in [0, 0.1) is 6.92 Å². The number of rotatable bonds is 3. The Morgan fingerprint density at radius 3 is 2.88 bits per heavy atom. The van der Waals surface area contributed by atoms with Gasteiger partial charge in [0.2, 0.25) is 5.43 Å². The van der Waals surface area contributed by atoms with Gasteiger partial charge in [-0.05, 0) is 52.4 Å². The Morgan fingerprint density at radius 2 is 2.17 bits per heavy atom. The first-order valence-electron chi connectivity index (χ1n) is 8.52. The molecule has 5 heteroatoms. The number of benzene rings is 1. The van der Waals surface area contributed by atoms with Gasteiger partial charge in [-0.2, -0.15) is 0 Å². The first kappa shape index (κ1) is 16.7. The van der Waals surface area contributed by atoms with Crippen LogP contribution in [0.15, 0.2) is 29.2 Å². The Hall–Kier alpha value is -2.14. The molecule has 1 atom stereocenters. The first-order chi connectivity index (χ1) is 11.5. The molecule has 1 fully saturated rings. The molecule has 0 spiro atoms. The number of aromatic nitrogens is 1. The number of ether oxygens (including phenoxy) is 1. The maximum Gasteiger partial charge on any atom is 0.343 e. The second-order valence-corrected chi connectivity index (χ2v) is 6.58. The maximum absolute atomic E-state index is 12.8. The van der Waals surface area contributed by atoms with Gasteiger partial charge in [0, 0.05) is 24.2 Å². The standard InChI is InChI=1S/C19H24N2O3/c1-4-24-19(23)16-12-21(14-6-5-9-20(3)11-14)17-8-7-13(2)10-15(17)18(16)22/h7-8,10,12,14H,4-6,9,11H2,1-3H3/t14-/m0/s1. The number of pyridine rings is 1. The van der Waals surface area contributed by atoms with Crippen molar-refractivity contribution in [3.05, 3.63) is 45.7 Å². The van der Waals surface area contributed by atoms with Crippen molar-refractivity contribution in [2.24, 2.45) is 0 Å². The van der Waals surface area contributed by atoms with Gasteiger partial charge in [0.15, 0.2) is 0 Å². The Balaban J connectivity index is 2.21. The van der Waals surface area contributed by atoms with Gasteiger partial charge < -0.3 is 14.2 Å². The summed E-state index contributed by atoms with van der Waals surface area (Å²) in [6.45, 7) is 5.95. The molecule has 1 aliphatic rings. The molecule has 1 saturated heterocycles. The van der Waals surface area contributed by atoms with E-state index in [1.165, 1.54) is 0 Å². The molecule has 3 rings (SSSR count). The molecule has 0 bridgehead atoms. The van der Waals surface area contributed by atoms with Crippen LogP contribution in [0.25, 0.3) is 10.9 Å². The summed E-state index contributed by atoms with van der Waals surface area (Å²) in [5.74, 6) is -0.538. The van der Waals surface area contributed by atoms with E-state index >= 15 is 0 Å². The highest BCUT2D eigenvalue weighted by Crippen LogP contribution is 2.25. The van der Waals surface area contributed by atoms with Gasteiger partial charge in [-0.3, -0.25) is 4.79 Å². The Kier molecular flexibility index (Phi) is 4.71. The largest absolute Gasteiger partial charge is 0.462 e. The SMILES string of the molecule is CCOC(=O)c1cn([C@H]2CCCN(C)C2)c2ccc(C)cc2c1=O. The van der Waals surface area contributed by atoms with E-state index in [0.29, 0.717) is 5.39 Å². The van der Waals surface area contributed by atoms with Crippen molar-refractivity contribution in [2.45, 2.75) is 32.7 Å². The third-order valence-corrected chi connectivity index (χ3v) is 4.68. The molecule has 0 aliphatic carbocycles. The molecule has 0 amide bonds. The molecule has 2 aromatic rings. The van der Waals surface area contributed by atoms with Gasteiger partial charge in [0.25, 0.3) is 0 Å². The van der Waals surface area contributed by atoms with Crippen molar-refractivity contribution in [1.29, 1.82) is 0 Å². The predicted molar refractivity (Wildman–Crippen MR) is 94.7 cm³/mol. The fourth-order valence-electron chi connectivity index (χ4n) is 3.49. The summed E-state index contributed by atoms with van der Waals surface area (Å²) < 4.78 is 7.18. The third kappa shape index (κ3) is 3.08. The number of carbonyl (C=O) groups is 1. The highest BCUT2D eigenvalue weighted by molar-refractivity contribution is 5.94. The summed E-state index contributed by atoms with van der Waals surface area (Å²) in [5, 5.41) is 0.591. The highest BCUT2D eigenvalue weighted by Gasteiger charge is 2.23. The van der Waals surface area contributed by atoms with Crippen LogP contribution in [-0.4, -0.2) is 42.2 Å². The number of hydrogen-bond acceptors (Lipinski definition) is 4. The number of carbonyl (C=O) groups excluding carboxylic acids is 1. The Labute approximate surface area is 141 Å². The van der Waals surface area contributed by atoms with E-state index in [9.17, 15) is 9.59 Å². The van der Waals surface area contributed by atoms with Gasteiger partial charge in [0.1, 0.15) is 5.56 Å². The minimum absolute atomic E-state index is 0.128. The summed E-state index contributed by atoms with van der Waals surface area (Å²) >= 11 is 0. The zero-order valence-electron chi connectivity index (χ0n) is 14.5. The van der Waals surface area contributed by atoms with Gasteiger partial charge in [-0.25, -0.2) is 4.79 Å². The molecule has 2 heterocycles. The predicted octanol–water partition coefficient (Wildman–Crippen LogP) is 2.75. The molecular formula is C19H24N2O3. The Bertz CT molecular complexity index is 825. The van der Waals surface area contributed by atoms with Crippen LogP contribution in [0.1, 0.15) is 41.7 Å². The molecule has 128 valence electrons. The fourth-order valence-corrected chi connectivity index (χ4v) is 3.49. The average molecular weight is 328 g/mol. The lowest BCUT2D eigenvalue weighted by atomic mass is 10.0. The quantitative estimate of drug-likeness (QED) is 0.813. The third-order valence-electron chi connectivity index (χ3n) is 4.68. The zero-order chi connectivity index (χ0) is 17.3. The van der Waals surface area contributed by atoms with Crippen molar-refractivity contribution in [2.75, 3.05) is 26.7 Å². The van der Waals surface area contributed by atoms with Crippen molar-refractivity contribution >= 4 is 16.9 Å². The summed E-state index contributed by atoms with van der Waals surface area (Å²) in [6, 6.07) is 6.11. The van der Waals surface area contributed by atoms with Crippen molar-refractivity contribution in [3.63, 3.8) is 0 Å². The Morgan fingerprint density at radius 1 is 1.38 bits per heavy atom. The average Bonchev–Trinajstić information content (AvgIpc) is 2.55. The lowest BCUT2D eigenvalue weighted by Gasteiger charge is -2.32. The molecule has 0 N–H and O–H groups in total. The minimum atomic E-state index is -0.538. The van der Waals surface area contributed by atoms with E-state index in [1.807, 2.05) is 25.1 Å². The van der Waals surface area contributed by atoms with E-state index in [-0.39, 0.29) is 23.6 Å². The lowest BCUT2D eigenvalue weighted by molar-refractivity contribution is 0.0523.